The number of hydrogen-bond donors (Lipinski definition) is 3. The molecule has 2 fully saturated rings. The Labute approximate surface area is 85.3 Å². The second-order valence-corrected chi connectivity index (χ2v) is 4.52. The van der Waals surface area contributed by atoms with Crippen molar-refractivity contribution in [1.29, 1.82) is 0 Å². The minimum atomic E-state index is 0.465. The maximum atomic E-state index is 5.43. The second-order valence-electron chi connectivity index (χ2n) is 4.52. The first kappa shape index (κ1) is 9.77. The Bertz CT molecular complexity index is 222. The fourth-order valence-corrected chi connectivity index (χ4v) is 2.02. The zero-order valence-electron chi connectivity index (χ0n) is 8.79. The van der Waals surface area contributed by atoms with Crippen molar-refractivity contribution >= 4 is 5.96 Å². The summed E-state index contributed by atoms with van der Waals surface area (Å²) in [5, 5.41) is 3.30. The Morgan fingerprint density at radius 2 is 2.07 bits per heavy atom. The molecule has 0 saturated heterocycles. The third-order valence-electron chi connectivity index (χ3n) is 3.17. The van der Waals surface area contributed by atoms with Gasteiger partial charge in [-0.25, -0.2) is 10.8 Å². The van der Waals surface area contributed by atoms with E-state index < -0.39 is 0 Å². The summed E-state index contributed by atoms with van der Waals surface area (Å²) in [6.45, 7) is 2.27. The molecule has 0 bridgehead atoms. The van der Waals surface area contributed by atoms with Gasteiger partial charge in [0.25, 0.3) is 0 Å². The summed E-state index contributed by atoms with van der Waals surface area (Å²) < 4.78 is 0. The second kappa shape index (κ2) is 4.17. The zero-order valence-corrected chi connectivity index (χ0v) is 8.79. The summed E-state index contributed by atoms with van der Waals surface area (Å²) in [7, 11) is 0. The SMILES string of the molecule is CC1CCCC1N=C(NN)NC1CC1. The standard InChI is InChI=1S/C10H20N4/c1-7-3-2-4-9(7)13-10(14-11)12-8-5-6-8/h7-9H,2-6,11H2,1H3,(H2,12,13,14). The molecular weight excluding hydrogens is 176 g/mol. The molecule has 14 heavy (non-hydrogen) atoms. The van der Waals surface area contributed by atoms with Gasteiger partial charge >= 0.3 is 0 Å². The van der Waals surface area contributed by atoms with Crippen LogP contribution < -0.4 is 16.6 Å². The molecule has 0 heterocycles. The lowest BCUT2D eigenvalue weighted by molar-refractivity contribution is 0.525. The molecule has 0 radical (unpaired) electrons. The van der Waals surface area contributed by atoms with Gasteiger partial charge in [-0.15, -0.1) is 0 Å². The maximum Gasteiger partial charge on any atom is 0.206 e. The van der Waals surface area contributed by atoms with Gasteiger partial charge in [-0.05, 0) is 31.6 Å². The summed E-state index contributed by atoms with van der Waals surface area (Å²) in [5.74, 6) is 6.92. The van der Waals surface area contributed by atoms with Gasteiger partial charge in [-0.2, -0.15) is 0 Å². The van der Waals surface area contributed by atoms with Crippen LogP contribution >= 0.6 is 0 Å². The highest BCUT2D eigenvalue weighted by Gasteiger charge is 2.25. The van der Waals surface area contributed by atoms with E-state index in [0.717, 1.165) is 5.96 Å². The smallest absolute Gasteiger partial charge is 0.206 e. The first-order valence-corrected chi connectivity index (χ1v) is 5.60. The summed E-state index contributed by atoms with van der Waals surface area (Å²) in [6.07, 6.45) is 6.31. The number of hydrazine groups is 1. The Morgan fingerprint density at radius 1 is 1.29 bits per heavy atom. The molecule has 0 aromatic rings. The van der Waals surface area contributed by atoms with Crippen LogP contribution in [0.15, 0.2) is 4.99 Å². The average Bonchev–Trinajstić information content (AvgIpc) is 2.90. The molecule has 80 valence electrons. The number of aliphatic imine (C=N–C) groups is 1. The summed E-state index contributed by atoms with van der Waals surface area (Å²) >= 11 is 0. The molecule has 4 heteroatoms. The maximum absolute atomic E-state index is 5.43. The van der Waals surface area contributed by atoms with E-state index in [0.29, 0.717) is 18.0 Å². The molecule has 0 aromatic carbocycles. The molecule has 2 rings (SSSR count). The predicted octanol–water partition coefficient (Wildman–Crippen LogP) is 0.746. The van der Waals surface area contributed by atoms with E-state index in [1.165, 1.54) is 32.1 Å². The van der Waals surface area contributed by atoms with Gasteiger partial charge in [0.2, 0.25) is 5.96 Å². The normalized spacial score (nSPS) is 33.1. The van der Waals surface area contributed by atoms with Crippen LogP contribution in [0, 0.1) is 5.92 Å². The van der Waals surface area contributed by atoms with Gasteiger partial charge in [0.05, 0.1) is 6.04 Å². The largest absolute Gasteiger partial charge is 0.353 e. The van der Waals surface area contributed by atoms with Gasteiger partial charge < -0.3 is 5.32 Å². The van der Waals surface area contributed by atoms with Crippen molar-refractivity contribution in [2.24, 2.45) is 16.8 Å². The highest BCUT2D eigenvalue weighted by Crippen LogP contribution is 2.27. The van der Waals surface area contributed by atoms with Crippen LogP contribution in [0.25, 0.3) is 0 Å². The third kappa shape index (κ3) is 2.38. The lowest BCUT2D eigenvalue weighted by Crippen LogP contribution is -2.43. The van der Waals surface area contributed by atoms with Crippen molar-refractivity contribution in [3.05, 3.63) is 0 Å². The van der Waals surface area contributed by atoms with Crippen LogP contribution in [0.2, 0.25) is 0 Å². The number of hydrogen-bond acceptors (Lipinski definition) is 2. The minimum Gasteiger partial charge on any atom is -0.353 e. The van der Waals surface area contributed by atoms with Crippen molar-refractivity contribution in [2.75, 3.05) is 0 Å². The number of rotatable bonds is 2. The Balaban J connectivity index is 1.90. The first-order valence-electron chi connectivity index (χ1n) is 5.60. The highest BCUT2D eigenvalue weighted by atomic mass is 15.3. The van der Waals surface area contributed by atoms with E-state index in [1.807, 2.05) is 0 Å². The van der Waals surface area contributed by atoms with E-state index in [9.17, 15) is 0 Å². The molecule has 4 nitrogen and oxygen atoms in total. The molecule has 2 aliphatic carbocycles. The molecular formula is C10H20N4. The highest BCUT2D eigenvalue weighted by molar-refractivity contribution is 5.80. The van der Waals surface area contributed by atoms with Crippen molar-refractivity contribution in [2.45, 2.75) is 51.1 Å². The molecule has 2 saturated carbocycles. The van der Waals surface area contributed by atoms with E-state index >= 15 is 0 Å². The molecule has 4 N–H and O–H groups in total. The van der Waals surface area contributed by atoms with Crippen molar-refractivity contribution in [3.8, 4) is 0 Å². The molecule has 0 aliphatic heterocycles. The minimum absolute atomic E-state index is 0.465. The van der Waals surface area contributed by atoms with Crippen LogP contribution in [-0.4, -0.2) is 18.0 Å². The Hall–Kier alpha value is -0.770. The first-order chi connectivity index (χ1) is 6.79. The van der Waals surface area contributed by atoms with E-state index in [-0.39, 0.29) is 0 Å². The number of nitrogens with one attached hydrogen (secondary N) is 2. The summed E-state index contributed by atoms with van der Waals surface area (Å²) in [6, 6.07) is 1.08. The molecule has 0 spiro atoms. The zero-order chi connectivity index (χ0) is 9.97. The fourth-order valence-electron chi connectivity index (χ4n) is 2.02. The van der Waals surface area contributed by atoms with Crippen molar-refractivity contribution in [3.63, 3.8) is 0 Å². The van der Waals surface area contributed by atoms with Gasteiger partial charge in [0.1, 0.15) is 0 Å². The molecule has 0 amide bonds. The van der Waals surface area contributed by atoms with Crippen LogP contribution in [-0.2, 0) is 0 Å². The molecule has 2 atom stereocenters. The van der Waals surface area contributed by atoms with Crippen LogP contribution in [0.5, 0.6) is 0 Å². The van der Waals surface area contributed by atoms with Crippen molar-refractivity contribution in [1.82, 2.24) is 10.7 Å². The Kier molecular flexibility index (Phi) is 2.91. The van der Waals surface area contributed by atoms with Gasteiger partial charge in [-0.1, -0.05) is 13.3 Å². The summed E-state index contributed by atoms with van der Waals surface area (Å²) in [5.41, 5.74) is 2.66. The molecule has 2 unspecified atom stereocenters. The predicted molar refractivity (Wildman–Crippen MR) is 57.7 cm³/mol. The lowest BCUT2D eigenvalue weighted by atomic mass is 10.1. The van der Waals surface area contributed by atoms with E-state index in [1.54, 1.807) is 0 Å². The van der Waals surface area contributed by atoms with E-state index in [2.05, 4.69) is 22.7 Å². The van der Waals surface area contributed by atoms with Gasteiger partial charge in [-0.3, -0.25) is 5.43 Å². The lowest BCUT2D eigenvalue weighted by Gasteiger charge is -2.14. The Morgan fingerprint density at radius 3 is 2.57 bits per heavy atom. The number of nitrogens with zero attached hydrogens (tertiary/aromatic N) is 1. The average molecular weight is 196 g/mol. The van der Waals surface area contributed by atoms with Crippen LogP contribution in [0.3, 0.4) is 0 Å². The summed E-state index contributed by atoms with van der Waals surface area (Å²) in [4.78, 5) is 4.62. The van der Waals surface area contributed by atoms with Gasteiger partial charge in [0.15, 0.2) is 0 Å². The van der Waals surface area contributed by atoms with Gasteiger partial charge in [0, 0.05) is 6.04 Å². The number of guanidine groups is 1. The molecule has 0 aromatic heterocycles. The van der Waals surface area contributed by atoms with Crippen LogP contribution in [0.1, 0.15) is 39.0 Å². The number of nitrogens with two attached hydrogens (primary N) is 1. The van der Waals surface area contributed by atoms with Crippen molar-refractivity contribution < 1.29 is 0 Å². The van der Waals surface area contributed by atoms with Crippen LogP contribution in [0.4, 0.5) is 0 Å². The topological polar surface area (TPSA) is 62.4 Å². The fraction of sp³-hybridized carbons (Fsp3) is 0.900. The molecule has 2 aliphatic rings. The monoisotopic (exact) mass is 196 g/mol. The quantitative estimate of drug-likeness (QED) is 0.264. The third-order valence-corrected chi connectivity index (χ3v) is 3.17. The van der Waals surface area contributed by atoms with E-state index in [4.69, 9.17) is 5.84 Å².